The Morgan fingerprint density at radius 3 is 2.58 bits per heavy atom. The predicted octanol–water partition coefficient (Wildman–Crippen LogP) is 5.90. The molecule has 0 bridgehead atoms. The summed E-state index contributed by atoms with van der Waals surface area (Å²) in [5.41, 5.74) is 5.25. The second kappa shape index (κ2) is 10.4. The molecule has 0 radical (unpaired) electrons. The number of carbonyl (C=O) groups is 1. The molecule has 3 aromatic carbocycles. The highest BCUT2D eigenvalue weighted by molar-refractivity contribution is 9.10. The van der Waals surface area contributed by atoms with Gasteiger partial charge in [-0.1, -0.05) is 29.8 Å². The van der Waals surface area contributed by atoms with E-state index in [1.54, 1.807) is 42.5 Å². The molecule has 0 aromatic heterocycles. The lowest BCUT2D eigenvalue weighted by molar-refractivity contribution is 0.0955. The average molecular weight is 506 g/mol. The predicted molar refractivity (Wildman–Crippen MR) is 123 cm³/mol. The van der Waals surface area contributed by atoms with Crippen LogP contribution in [-0.4, -0.2) is 19.2 Å². The van der Waals surface area contributed by atoms with Gasteiger partial charge in [0.15, 0.2) is 11.5 Å². The summed E-state index contributed by atoms with van der Waals surface area (Å²) in [6.07, 6.45) is 1.48. The first-order valence-corrected chi connectivity index (χ1v) is 10.4. The van der Waals surface area contributed by atoms with E-state index in [2.05, 4.69) is 26.5 Å². The van der Waals surface area contributed by atoms with Crippen LogP contribution in [0, 0.1) is 12.7 Å². The zero-order valence-electron chi connectivity index (χ0n) is 16.8. The molecule has 3 rings (SSSR count). The van der Waals surface area contributed by atoms with Crippen LogP contribution in [0.5, 0.6) is 11.5 Å². The number of hydrazone groups is 1. The summed E-state index contributed by atoms with van der Waals surface area (Å²) in [4.78, 5) is 12.3. The number of nitrogens with zero attached hydrogens (tertiary/aromatic N) is 1. The average Bonchev–Trinajstić information content (AvgIpc) is 2.74. The normalized spacial score (nSPS) is 10.9. The summed E-state index contributed by atoms with van der Waals surface area (Å²) < 4.78 is 24.9. The number of methoxy groups -OCH3 is 1. The minimum atomic E-state index is -0.413. The lowest BCUT2D eigenvalue weighted by atomic mass is 10.1. The summed E-state index contributed by atoms with van der Waals surface area (Å²) in [5.74, 6) is 0.277. The van der Waals surface area contributed by atoms with Gasteiger partial charge >= 0.3 is 0 Å². The number of hydrogen-bond acceptors (Lipinski definition) is 4. The molecule has 0 aliphatic heterocycles. The van der Waals surface area contributed by atoms with Crippen LogP contribution in [0.25, 0.3) is 0 Å². The number of amides is 1. The molecule has 3 aromatic rings. The van der Waals surface area contributed by atoms with Crippen LogP contribution in [0.4, 0.5) is 4.39 Å². The Hall–Kier alpha value is -2.90. The Morgan fingerprint density at radius 2 is 1.90 bits per heavy atom. The number of ether oxygens (including phenoxy) is 2. The molecule has 1 N–H and O–H groups in total. The van der Waals surface area contributed by atoms with E-state index < -0.39 is 5.91 Å². The molecule has 0 aliphatic carbocycles. The standard InChI is InChI=1S/C23H19BrClFN2O3/c1-14-3-8-18(20(25)9-14)23(29)28-27-12-16-10-21(30-2)22(11-19(16)24)31-13-15-4-6-17(26)7-5-15/h3-12H,13H2,1-2H3,(H,28,29)/b27-12-. The van der Waals surface area contributed by atoms with Crippen LogP contribution in [0.2, 0.25) is 5.02 Å². The molecule has 0 atom stereocenters. The van der Waals surface area contributed by atoms with Gasteiger partial charge in [-0.05, 0) is 70.4 Å². The van der Waals surface area contributed by atoms with E-state index in [4.69, 9.17) is 21.1 Å². The van der Waals surface area contributed by atoms with Gasteiger partial charge in [0, 0.05) is 10.0 Å². The topological polar surface area (TPSA) is 59.9 Å². The van der Waals surface area contributed by atoms with Gasteiger partial charge in [-0.15, -0.1) is 0 Å². The first-order chi connectivity index (χ1) is 14.9. The molecule has 5 nitrogen and oxygen atoms in total. The molecule has 0 aliphatic rings. The van der Waals surface area contributed by atoms with E-state index in [9.17, 15) is 9.18 Å². The fraction of sp³-hybridized carbons (Fsp3) is 0.130. The van der Waals surface area contributed by atoms with Crippen LogP contribution in [0.3, 0.4) is 0 Å². The third kappa shape index (κ3) is 6.06. The van der Waals surface area contributed by atoms with Gasteiger partial charge < -0.3 is 9.47 Å². The van der Waals surface area contributed by atoms with E-state index in [-0.39, 0.29) is 12.4 Å². The number of benzene rings is 3. The van der Waals surface area contributed by atoms with Crippen molar-refractivity contribution in [3.05, 3.63) is 92.2 Å². The van der Waals surface area contributed by atoms with Crippen molar-refractivity contribution in [3.63, 3.8) is 0 Å². The minimum Gasteiger partial charge on any atom is -0.493 e. The van der Waals surface area contributed by atoms with Crippen LogP contribution >= 0.6 is 27.5 Å². The highest BCUT2D eigenvalue weighted by atomic mass is 79.9. The molecule has 8 heteroatoms. The van der Waals surface area contributed by atoms with Crippen molar-refractivity contribution in [3.8, 4) is 11.5 Å². The van der Waals surface area contributed by atoms with Gasteiger partial charge in [0.05, 0.1) is 23.9 Å². The van der Waals surface area contributed by atoms with E-state index >= 15 is 0 Å². The Morgan fingerprint density at radius 1 is 1.16 bits per heavy atom. The zero-order chi connectivity index (χ0) is 22.4. The van der Waals surface area contributed by atoms with Crippen molar-refractivity contribution < 1.29 is 18.7 Å². The van der Waals surface area contributed by atoms with Crippen molar-refractivity contribution >= 4 is 39.7 Å². The maximum Gasteiger partial charge on any atom is 0.272 e. The van der Waals surface area contributed by atoms with Gasteiger partial charge in [0.2, 0.25) is 0 Å². The number of hydrogen-bond donors (Lipinski definition) is 1. The largest absolute Gasteiger partial charge is 0.493 e. The number of halogens is 3. The van der Waals surface area contributed by atoms with Crippen molar-refractivity contribution in [1.29, 1.82) is 0 Å². The van der Waals surface area contributed by atoms with Crippen LogP contribution in [0.15, 0.2) is 64.2 Å². The number of nitrogens with one attached hydrogen (secondary N) is 1. The summed E-state index contributed by atoms with van der Waals surface area (Å²) in [7, 11) is 1.52. The highest BCUT2D eigenvalue weighted by Gasteiger charge is 2.11. The number of rotatable bonds is 7. The van der Waals surface area contributed by atoms with Crippen LogP contribution < -0.4 is 14.9 Å². The molecule has 31 heavy (non-hydrogen) atoms. The fourth-order valence-electron chi connectivity index (χ4n) is 2.69. The Labute approximate surface area is 193 Å². The van der Waals surface area contributed by atoms with E-state index in [1.165, 1.54) is 25.5 Å². The SMILES string of the molecule is COc1cc(/C=N\NC(=O)c2ccc(C)cc2Cl)c(Br)cc1OCc1ccc(F)cc1. The van der Waals surface area contributed by atoms with E-state index in [0.717, 1.165) is 11.1 Å². The maximum atomic E-state index is 13.0. The summed E-state index contributed by atoms with van der Waals surface area (Å²) >= 11 is 9.58. The number of aryl methyl sites for hydroxylation is 1. The Balaban J connectivity index is 1.70. The molecular formula is C23H19BrClFN2O3. The molecule has 0 fully saturated rings. The third-order valence-corrected chi connectivity index (χ3v) is 5.33. The Bertz CT molecular complexity index is 1120. The van der Waals surface area contributed by atoms with E-state index in [1.807, 2.05) is 6.92 Å². The van der Waals surface area contributed by atoms with Crippen molar-refractivity contribution in [2.45, 2.75) is 13.5 Å². The monoisotopic (exact) mass is 504 g/mol. The summed E-state index contributed by atoms with van der Waals surface area (Å²) in [6.45, 7) is 2.15. The summed E-state index contributed by atoms with van der Waals surface area (Å²) in [6, 6.07) is 14.7. The van der Waals surface area contributed by atoms with Gasteiger partial charge in [-0.2, -0.15) is 5.10 Å². The minimum absolute atomic E-state index is 0.254. The lowest BCUT2D eigenvalue weighted by Crippen LogP contribution is -2.18. The maximum absolute atomic E-state index is 13.0. The Kier molecular flexibility index (Phi) is 7.65. The highest BCUT2D eigenvalue weighted by Crippen LogP contribution is 2.33. The second-order valence-corrected chi connectivity index (χ2v) is 7.88. The van der Waals surface area contributed by atoms with Gasteiger partial charge in [-0.3, -0.25) is 4.79 Å². The quantitative estimate of drug-likeness (QED) is 0.321. The molecule has 0 saturated heterocycles. The molecule has 1 amide bonds. The second-order valence-electron chi connectivity index (χ2n) is 6.62. The van der Waals surface area contributed by atoms with Crippen molar-refractivity contribution in [2.24, 2.45) is 5.10 Å². The van der Waals surface area contributed by atoms with Gasteiger partial charge in [-0.25, -0.2) is 9.82 Å². The van der Waals surface area contributed by atoms with Gasteiger partial charge in [0.25, 0.3) is 5.91 Å². The zero-order valence-corrected chi connectivity index (χ0v) is 19.1. The first-order valence-electron chi connectivity index (χ1n) is 9.21. The van der Waals surface area contributed by atoms with Crippen LogP contribution in [0.1, 0.15) is 27.0 Å². The lowest BCUT2D eigenvalue weighted by Gasteiger charge is -2.13. The molecular weight excluding hydrogens is 487 g/mol. The molecule has 0 spiro atoms. The van der Waals surface area contributed by atoms with Crippen molar-refractivity contribution in [1.82, 2.24) is 5.43 Å². The van der Waals surface area contributed by atoms with Crippen molar-refractivity contribution in [2.75, 3.05) is 7.11 Å². The van der Waals surface area contributed by atoms with E-state index in [0.29, 0.717) is 32.1 Å². The first kappa shape index (κ1) is 22.8. The molecule has 0 saturated carbocycles. The molecule has 0 heterocycles. The number of carbonyl (C=O) groups excluding carboxylic acids is 1. The third-order valence-electron chi connectivity index (χ3n) is 4.33. The fourth-order valence-corrected chi connectivity index (χ4v) is 3.43. The molecule has 160 valence electrons. The van der Waals surface area contributed by atoms with Crippen LogP contribution in [-0.2, 0) is 6.61 Å². The smallest absolute Gasteiger partial charge is 0.272 e. The van der Waals surface area contributed by atoms with Gasteiger partial charge in [0.1, 0.15) is 12.4 Å². The molecule has 0 unspecified atom stereocenters. The summed E-state index contributed by atoms with van der Waals surface area (Å²) in [5, 5.41) is 4.36.